The fraction of sp³-hybridized carbons (Fsp3) is 0.353. The Balaban J connectivity index is 1.66. The minimum absolute atomic E-state index is 0.0501. The minimum Gasteiger partial charge on any atom is -0.360 e. The predicted octanol–water partition coefficient (Wildman–Crippen LogP) is 2.89. The van der Waals surface area contributed by atoms with E-state index in [-0.39, 0.29) is 24.4 Å². The van der Waals surface area contributed by atoms with Gasteiger partial charge in [-0.3, -0.25) is 9.59 Å². The molecule has 0 radical (unpaired) electrons. The average Bonchev–Trinajstić information content (AvgIpc) is 3.35. The summed E-state index contributed by atoms with van der Waals surface area (Å²) >= 11 is 6.32. The number of hydrogen-bond donors (Lipinski definition) is 1. The third kappa shape index (κ3) is 3.94. The summed E-state index contributed by atoms with van der Waals surface area (Å²) in [6.45, 7) is 1.69. The number of carbonyl (C=O) groups excluding carboxylic acids is 2. The third-order valence-electron chi connectivity index (χ3n) is 3.79. The SMILES string of the molecule is Cc1cc(NC(=O)CN(C(=O)C(Cl)c2ccccc2)C2CC2)no1. The van der Waals surface area contributed by atoms with Gasteiger partial charge in [0.05, 0.1) is 0 Å². The van der Waals surface area contributed by atoms with E-state index in [0.717, 1.165) is 18.4 Å². The summed E-state index contributed by atoms with van der Waals surface area (Å²) in [6, 6.07) is 10.8. The molecule has 6 nitrogen and oxygen atoms in total. The quantitative estimate of drug-likeness (QED) is 0.815. The van der Waals surface area contributed by atoms with Gasteiger partial charge in [0.25, 0.3) is 0 Å². The predicted molar refractivity (Wildman–Crippen MR) is 89.6 cm³/mol. The van der Waals surface area contributed by atoms with E-state index >= 15 is 0 Å². The van der Waals surface area contributed by atoms with Gasteiger partial charge in [0, 0.05) is 12.1 Å². The molecule has 1 aliphatic carbocycles. The molecule has 1 unspecified atom stereocenters. The lowest BCUT2D eigenvalue weighted by Gasteiger charge is -2.24. The zero-order valence-electron chi connectivity index (χ0n) is 13.2. The molecule has 1 N–H and O–H groups in total. The van der Waals surface area contributed by atoms with Gasteiger partial charge in [0.1, 0.15) is 17.7 Å². The van der Waals surface area contributed by atoms with Gasteiger partial charge in [-0.25, -0.2) is 0 Å². The van der Waals surface area contributed by atoms with Gasteiger partial charge in [-0.1, -0.05) is 35.5 Å². The van der Waals surface area contributed by atoms with Gasteiger partial charge in [0.15, 0.2) is 5.82 Å². The van der Waals surface area contributed by atoms with Gasteiger partial charge in [0.2, 0.25) is 11.8 Å². The first-order chi connectivity index (χ1) is 11.5. The molecule has 1 aliphatic rings. The highest BCUT2D eigenvalue weighted by Gasteiger charge is 2.36. The van der Waals surface area contributed by atoms with Crippen LogP contribution in [0.25, 0.3) is 0 Å². The van der Waals surface area contributed by atoms with Crippen molar-refractivity contribution < 1.29 is 14.1 Å². The first kappa shape index (κ1) is 16.5. The van der Waals surface area contributed by atoms with Crippen molar-refractivity contribution in [2.45, 2.75) is 31.2 Å². The molecule has 7 heteroatoms. The molecule has 1 aromatic heterocycles. The first-order valence-electron chi connectivity index (χ1n) is 7.77. The summed E-state index contributed by atoms with van der Waals surface area (Å²) in [4.78, 5) is 26.4. The molecule has 1 saturated carbocycles. The van der Waals surface area contributed by atoms with Gasteiger partial charge >= 0.3 is 0 Å². The highest BCUT2D eigenvalue weighted by molar-refractivity contribution is 6.30. The number of aryl methyl sites for hydroxylation is 1. The molecule has 1 heterocycles. The van der Waals surface area contributed by atoms with Crippen LogP contribution in [0.1, 0.15) is 29.5 Å². The molecular weight excluding hydrogens is 330 g/mol. The standard InChI is InChI=1S/C17H18ClN3O3/c1-11-9-14(20-24-11)19-15(22)10-21(13-7-8-13)17(23)16(18)12-5-3-2-4-6-12/h2-6,9,13,16H,7-8,10H2,1H3,(H,19,20,22). The Morgan fingerprint density at radius 3 is 2.67 bits per heavy atom. The van der Waals surface area contributed by atoms with Crippen LogP contribution < -0.4 is 5.32 Å². The molecular formula is C17H18ClN3O3. The molecule has 1 fully saturated rings. The van der Waals surface area contributed by atoms with E-state index in [1.165, 1.54) is 0 Å². The molecule has 2 amide bonds. The van der Waals surface area contributed by atoms with E-state index in [2.05, 4.69) is 10.5 Å². The molecule has 1 aromatic carbocycles. The second-order valence-corrected chi connectivity index (χ2v) is 6.28. The topological polar surface area (TPSA) is 75.4 Å². The maximum Gasteiger partial charge on any atom is 0.245 e. The monoisotopic (exact) mass is 347 g/mol. The lowest BCUT2D eigenvalue weighted by atomic mass is 10.1. The lowest BCUT2D eigenvalue weighted by molar-refractivity contribution is -0.135. The molecule has 0 saturated heterocycles. The number of anilines is 1. The number of aromatic nitrogens is 1. The number of amides is 2. The van der Waals surface area contributed by atoms with Crippen LogP contribution in [0.5, 0.6) is 0 Å². The highest BCUT2D eigenvalue weighted by Crippen LogP contribution is 2.31. The number of rotatable bonds is 6. The summed E-state index contributed by atoms with van der Waals surface area (Å²) in [5, 5.41) is 5.55. The number of alkyl halides is 1. The zero-order chi connectivity index (χ0) is 17.1. The second-order valence-electron chi connectivity index (χ2n) is 5.84. The van der Waals surface area contributed by atoms with Crippen LogP contribution in [0, 0.1) is 6.92 Å². The normalized spacial score (nSPS) is 14.9. The third-order valence-corrected chi connectivity index (χ3v) is 4.23. The molecule has 0 spiro atoms. The Morgan fingerprint density at radius 1 is 1.38 bits per heavy atom. The van der Waals surface area contributed by atoms with Gasteiger partial charge in [-0.15, -0.1) is 11.6 Å². The van der Waals surface area contributed by atoms with Gasteiger partial charge in [-0.2, -0.15) is 0 Å². The number of carbonyl (C=O) groups is 2. The number of hydrogen-bond acceptors (Lipinski definition) is 4. The number of nitrogens with zero attached hydrogens (tertiary/aromatic N) is 2. The summed E-state index contributed by atoms with van der Waals surface area (Å²) in [6.07, 6.45) is 1.78. The van der Waals surface area contributed by atoms with Crippen molar-refractivity contribution in [3.63, 3.8) is 0 Å². The summed E-state index contributed by atoms with van der Waals surface area (Å²) in [5.41, 5.74) is 0.724. The van der Waals surface area contributed by atoms with E-state index in [1.807, 2.05) is 18.2 Å². The van der Waals surface area contributed by atoms with Crippen molar-refractivity contribution in [3.8, 4) is 0 Å². The Kier molecular flexibility index (Phi) is 4.85. The van der Waals surface area contributed by atoms with Crippen LogP contribution in [0.3, 0.4) is 0 Å². The van der Waals surface area contributed by atoms with Crippen molar-refractivity contribution >= 4 is 29.2 Å². The fourth-order valence-electron chi connectivity index (χ4n) is 2.45. The van der Waals surface area contributed by atoms with Crippen molar-refractivity contribution in [2.75, 3.05) is 11.9 Å². The summed E-state index contributed by atoms with van der Waals surface area (Å²) in [5.74, 6) is 0.369. The molecule has 0 bridgehead atoms. The smallest absolute Gasteiger partial charge is 0.245 e. The van der Waals surface area contributed by atoms with Crippen LogP contribution in [-0.4, -0.2) is 34.5 Å². The van der Waals surface area contributed by atoms with Crippen LogP contribution >= 0.6 is 11.6 Å². The maximum absolute atomic E-state index is 12.7. The number of halogens is 1. The van der Waals surface area contributed by atoms with E-state index in [1.54, 1.807) is 30.0 Å². The van der Waals surface area contributed by atoms with E-state index in [4.69, 9.17) is 16.1 Å². The first-order valence-corrected chi connectivity index (χ1v) is 8.21. The molecule has 126 valence electrons. The van der Waals surface area contributed by atoms with Crippen molar-refractivity contribution in [3.05, 3.63) is 47.7 Å². The van der Waals surface area contributed by atoms with E-state index in [9.17, 15) is 9.59 Å². The van der Waals surface area contributed by atoms with Gasteiger partial charge in [-0.05, 0) is 25.3 Å². The Hall–Kier alpha value is -2.34. The van der Waals surface area contributed by atoms with Crippen LogP contribution in [0.2, 0.25) is 0 Å². The Labute approximate surface area is 144 Å². The molecule has 3 rings (SSSR count). The Bertz CT molecular complexity index is 728. The molecule has 24 heavy (non-hydrogen) atoms. The van der Waals surface area contributed by atoms with Crippen molar-refractivity contribution in [1.29, 1.82) is 0 Å². The number of nitrogens with one attached hydrogen (secondary N) is 1. The second kappa shape index (κ2) is 7.05. The maximum atomic E-state index is 12.7. The largest absolute Gasteiger partial charge is 0.360 e. The van der Waals surface area contributed by atoms with Gasteiger partial charge < -0.3 is 14.7 Å². The van der Waals surface area contributed by atoms with Crippen molar-refractivity contribution in [2.24, 2.45) is 0 Å². The summed E-state index contributed by atoms with van der Waals surface area (Å²) in [7, 11) is 0. The average molecular weight is 348 g/mol. The van der Waals surface area contributed by atoms with Crippen LogP contribution in [0.15, 0.2) is 40.9 Å². The lowest BCUT2D eigenvalue weighted by Crippen LogP contribution is -2.41. The molecule has 2 aromatic rings. The van der Waals surface area contributed by atoms with Crippen molar-refractivity contribution in [1.82, 2.24) is 10.1 Å². The van der Waals surface area contributed by atoms with Crippen LogP contribution in [0.4, 0.5) is 5.82 Å². The highest BCUT2D eigenvalue weighted by atomic mass is 35.5. The molecule has 0 aliphatic heterocycles. The van der Waals surface area contributed by atoms with E-state index in [0.29, 0.717) is 11.6 Å². The van der Waals surface area contributed by atoms with E-state index < -0.39 is 5.38 Å². The molecule has 1 atom stereocenters. The Morgan fingerprint density at radius 2 is 2.08 bits per heavy atom. The number of benzene rings is 1. The van der Waals surface area contributed by atoms with Crippen LogP contribution in [-0.2, 0) is 9.59 Å². The minimum atomic E-state index is -0.797. The fourth-order valence-corrected chi connectivity index (χ4v) is 2.72. The zero-order valence-corrected chi connectivity index (χ0v) is 14.0. The summed E-state index contributed by atoms with van der Waals surface area (Å²) < 4.78 is 4.91.